The van der Waals surface area contributed by atoms with Crippen molar-refractivity contribution in [2.45, 2.75) is 44.6 Å². The fraction of sp³-hybridized carbons (Fsp3) is 0.643. The van der Waals surface area contributed by atoms with Crippen molar-refractivity contribution in [3.05, 3.63) is 23.2 Å². The van der Waals surface area contributed by atoms with Gasteiger partial charge in [-0.1, -0.05) is 37.3 Å². The van der Waals surface area contributed by atoms with Crippen molar-refractivity contribution in [2.75, 3.05) is 13.1 Å². The second-order valence-electron chi connectivity index (χ2n) is 5.12. The number of carbonyl (C=O) groups excluding carboxylic acids is 1. The van der Waals surface area contributed by atoms with Crippen LogP contribution in [-0.2, 0) is 0 Å². The van der Waals surface area contributed by atoms with E-state index in [1.807, 2.05) is 0 Å². The number of hydrogen-bond acceptors (Lipinski definition) is 4. The first-order chi connectivity index (χ1) is 9.77. The lowest BCUT2D eigenvalue weighted by atomic mass is 10.1. The van der Waals surface area contributed by atoms with Crippen LogP contribution in [0.15, 0.2) is 12.5 Å². The summed E-state index contributed by atoms with van der Waals surface area (Å²) in [5.74, 6) is -0.250. The van der Waals surface area contributed by atoms with Crippen molar-refractivity contribution in [1.82, 2.24) is 20.6 Å². The fourth-order valence-corrected chi connectivity index (χ4v) is 2.69. The highest BCUT2D eigenvalue weighted by atomic mass is 35.5. The Morgan fingerprint density at radius 3 is 2.70 bits per heavy atom. The van der Waals surface area contributed by atoms with Gasteiger partial charge in [0.05, 0.1) is 5.02 Å². The Balaban J connectivity index is 1.68. The lowest BCUT2D eigenvalue weighted by Crippen LogP contribution is -2.37. The number of nitrogens with one attached hydrogen (secondary N) is 2. The normalized spacial score (nSPS) is 16.6. The number of hydrogen-bond donors (Lipinski definition) is 2. The van der Waals surface area contributed by atoms with Gasteiger partial charge in [0.2, 0.25) is 0 Å². The van der Waals surface area contributed by atoms with Crippen LogP contribution in [0.25, 0.3) is 0 Å². The van der Waals surface area contributed by atoms with E-state index in [1.54, 1.807) is 0 Å². The van der Waals surface area contributed by atoms with Crippen LogP contribution in [0.3, 0.4) is 0 Å². The van der Waals surface area contributed by atoms with Crippen molar-refractivity contribution in [1.29, 1.82) is 0 Å². The van der Waals surface area contributed by atoms with Gasteiger partial charge in [0.15, 0.2) is 0 Å². The molecule has 1 aliphatic rings. The molecule has 2 N–H and O–H groups in total. The number of rotatable bonds is 5. The second kappa shape index (κ2) is 8.17. The zero-order valence-corrected chi connectivity index (χ0v) is 12.3. The summed E-state index contributed by atoms with van der Waals surface area (Å²) in [4.78, 5) is 19.5. The van der Waals surface area contributed by atoms with Crippen LogP contribution in [0.2, 0.25) is 5.02 Å². The van der Waals surface area contributed by atoms with Crippen molar-refractivity contribution < 1.29 is 4.79 Å². The zero-order valence-electron chi connectivity index (χ0n) is 11.6. The van der Waals surface area contributed by atoms with Crippen LogP contribution in [0.1, 0.15) is 49.0 Å². The number of halogens is 1. The molecule has 1 aromatic heterocycles. The van der Waals surface area contributed by atoms with Crippen LogP contribution in [0, 0.1) is 0 Å². The standard InChI is InChI=1S/C14H21ClN4O/c15-12-9-16-10-19-13(12)14(20)18-8-7-17-11-5-3-1-2-4-6-11/h9-11,17H,1-8H2,(H,18,20). The molecule has 6 heteroatoms. The molecular formula is C14H21ClN4O. The molecule has 0 aliphatic heterocycles. The predicted octanol–water partition coefficient (Wildman–Crippen LogP) is 2.17. The molecule has 1 saturated carbocycles. The second-order valence-corrected chi connectivity index (χ2v) is 5.52. The fourth-order valence-electron chi connectivity index (χ4n) is 2.50. The number of nitrogens with zero attached hydrogens (tertiary/aromatic N) is 2. The van der Waals surface area contributed by atoms with Crippen LogP contribution >= 0.6 is 11.6 Å². The molecule has 0 atom stereocenters. The van der Waals surface area contributed by atoms with E-state index in [1.165, 1.54) is 51.0 Å². The van der Waals surface area contributed by atoms with E-state index in [-0.39, 0.29) is 16.6 Å². The molecule has 110 valence electrons. The summed E-state index contributed by atoms with van der Waals surface area (Å²) in [7, 11) is 0. The van der Waals surface area contributed by atoms with Gasteiger partial charge in [0.25, 0.3) is 5.91 Å². The van der Waals surface area contributed by atoms with Gasteiger partial charge in [0, 0.05) is 25.3 Å². The van der Waals surface area contributed by atoms with E-state index in [4.69, 9.17) is 11.6 Å². The van der Waals surface area contributed by atoms with Gasteiger partial charge in [-0.25, -0.2) is 9.97 Å². The molecule has 5 nitrogen and oxygen atoms in total. The molecule has 20 heavy (non-hydrogen) atoms. The lowest BCUT2D eigenvalue weighted by Gasteiger charge is -2.16. The smallest absolute Gasteiger partial charge is 0.271 e. The molecule has 0 radical (unpaired) electrons. The molecule has 1 heterocycles. The summed E-state index contributed by atoms with van der Waals surface area (Å²) in [6, 6.07) is 0.594. The molecule has 0 saturated heterocycles. The molecule has 0 aromatic carbocycles. The summed E-state index contributed by atoms with van der Waals surface area (Å²) < 4.78 is 0. The summed E-state index contributed by atoms with van der Waals surface area (Å²) in [6.07, 6.45) is 10.5. The molecule has 1 aromatic rings. The minimum absolute atomic E-state index is 0.233. The SMILES string of the molecule is O=C(NCCNC1CCCCCC1)c1ncncc1Cl. The zero-order chi connectivity index (χ0) is 14.2. The minimum atomic E-state index is -0.250. The largest absolute Gasteiger partial charge is 0.349 e. The van der Waals surface area contributed by atoms with Gasteiger partial charge >= 0.3 is 0 Å². The third kappa shape index (κ3) is 4.72. The summed E-state index contributed by atoms with van der Waals surface area (Å²) in [5.41, 5.74) is 0.233. The average Bonchev–Trinajstić information content (AvgIpc) is 2.72. The number of amides is 1. The van der Waals surface area contributed by atoms with Crippen LogP contribution < -0.4 is 10.6 Å². The van der Waals surface area contributed by atoms with Gasteiger partial charge in [-0.15, -0.1) is 0 Å². The Bertz CT molecular complexity index is 433. The Morgan fingerprint density at radius 1 is 1.25 bits per heavy atom. The van der Waals surface area contributed by atoms with Gasteiger partial charge in [-0.2, -0.15) is 0 Å². The van der Waals surface area contributed by atoms with E-state index in [0.29, 0.717) is 12.6 Å². The highest BCUT2D eigenvalue weighted by Crippen LogP contribution is 2.16. The Hall–Kier alpha value is -1.20. The van der Waals surface area contributed by atoms with E-state index < -0.39 is 0 Å². The molecule has 0 spiro atoms. The maximum absolute atomic E-state index is 11.9. The molecule has 1 aliphatic carbocycles. The van der Waals surface area contributed by atoms with E-state index in [0.717, 1.165) is 6.54 Å². The first kappa shape index (κ1) is 15.2. The first-order valence-corrected chi connectivity index (χ1v) is 7.62. The lowest BCUT2D eigenvalue weighted by molar-refractivity contribution is 0.0948. The van der Waals surface area contributed by atoms with Gasteiger partial charge in [0.1, 0.15) is 12.0 Å². The quantitative estimate of drug-likeness (QED) is 0.645. The topological polar surface area (TPSA) is 66.9 Å². The van der Waals surface area contributed by atoms with Crippen molar-refractivity contribution >= 4 is 17.5 Å². The van der Waals surface area contributed by atoms with Crippen molar-refractivity contribution in [3.8, 4) is 0 Å². The van der Waals surface area contributed by atoms with Gasteiger partial charge < -0.3 is 10.6 Å². The van der Waals surface area contributed by atoms with Gasteiger partial charge in [-0.3, -0.25) is 4.79 Å². The van der Waals surface area contributed by atoms with Crippen molar-refractivity contribution in [3.63, 3.8) is 0 Å². The van der Waals surface area contributed by atoms with E-state index in [2.05, 4.69) is 20.6 Å². The van der Waals surface area contributed by atoms with Crippen LogP contribution in [0.4, 0.5) is 0 Å². The van der Waals surface area contributed by atoms with Gasteiger partial charge in [-0.05, 0) is 12.8 Å². The minimum Gasteiger partial charge on any atom is -0.349 e. The van der Waals surface area contributed by atoms with E-state index in [9.17, 15) is 4.79 Å². The highest BCUT2D eigenvalue weighted by molar-refractivity contribution is 6.33. The number of carbonyl (C=O) groups is 1. The molecule has 1 fully saturated rings. The maximum atomic E-state index is 11.9. The summed E-state index contributed by atoms with van der Waals surface area (Å²) in [5, 5.41) is 6.60. The molecular weight excluding hydrogens is 276 g/mol. The summed E-state index contributed by atoms with van der Waals surface area (Å²) >= 11 is 5.87. The highest BCUT2D eigenvalue weighted by Gasteiger charge is 2.13. The number of aromatic nitrogens is 2. The Kier molecular flexibility index (Phi) is 6.21. The Labute approximate surface area is 124 Å². The summed E-state index contributed by atoms with van der Waals surface area (Å²) in [6.45, 7) is 1.36. The first-order valence-electron chi connectivity index (χ1n) is 7.24. The van der Waals surface area contributed by atoms with Crippen molar-refractivity contribution in [2.24, 2.45) is 0 Å². The maximum Gasteiger partial charge on any atom is 0.271 e. The van der Waals surface area contributed by atoms with Crippen LogP contribution in [0.5, 0.6) is 0 Å². The molecule has 0 unspecified atom stereocenters. The third-order valence-corrected chi connectivity index (χ3v) is 3.86. The molecule has 1 amide bonds. The molecule has 2 rings (SSSR count). The average molecular weight is 297 g/mol. The van der Waals surface area contributed by atoms with Crippen LogP contribution in [-0.4, -0.2) is 35.0 Å². The predicted molar refractivity (Wildman–Crippen MR) is 78.9 cm³/mol. The molecule has 0 bridgehead atoms. The third-order valence-electron chi connectivity index (χ3n) is 3.58. The van der Waals surface area contributed by atoms with E-state index >= 15 is 0 Å². The monoisotopic (exact) mass is 296 g/mol. The Morgan fingerprint density at radius 2 is 2.00 bits per heavy atom.